The molecule has 15 heteroatoms. The van der Waals surface area contributed by atoms with Crippen LogP contribution >= 0.6 is 36.7 Å². The summed E-state index contributed by atoms with van der Waals surface area (Å²) in [6, 6.07) is 28.8. The molecule has 2 unspecified atom stereocenters. The minimum absolute atomic E-state index is 0.0350. The second kappa shape index (κ2) is 23.7. The summed E-state index contributed by atoms with van der Waals surface area (Å²) in [4.78, 5) is 27.1. The third kappa shape index (κ3) is 13.2. The van der Waals surface area contributed by atoms with Crippen LogP contribution in [-0.4, -0.2) is 55.7 Å². The van der Waals surface area contributed by atoms with Crippen molar-refractivity contribution in [3.05, 3.63) is 142 Å². The molecule has 5 aromatic carbocycles. The Labute approximate surface area is 398 Å². The number of ether oxygens (including phenoxy) is 4. The van der Waals surface area contributed by atoms with Gasteiger partial charge < -0.3 is 23.1 Å². The van der Waals surface area contributed by atoms with E-state index in [-0.39, 0.29) is 29.6 Å². The maximum Gasteiger partial charge on any atom is 0.420 e. The van der Waals surface area contributed by atoms with Crippen LogP contribution in [-0.2, 0) is 19.6 Å². The van der Waals surface area contributed by atoms with E-state index in [0.29, 0.717) is 82.2 Å². The molecule has 0 bridgehead atoms. The number of nitrogens with zero attached hydrogens (tertiary/aromatic N) is 1. The van der Waals surface area contributed by atoms with Crippen LogP contribution in [0.4, 0.5) is 13.2 Å². The number of aryl methyl sites for hydroxylation is 5. The van der Waals surface area contributed by atoms with Gasteiger partial charge in [-0.1, -0.05) is 59.7 Å². The van der Waals surface area contributed by atoms with E-state index in [0.717, 1.165) is 40.6 Å². The van der Waals surface area contributed by atoms with Gasteiger partial charge in [-0.05, 0) is 136 Å². The highest BCUT2D eigenvalue weighted by molar-refractivity contribution is 7.94. The fourth-order valence-corrected chi connectivity index (χ4v) is 8.83. The molecule has 350 valence electrons. The third-order valence-corrected chi connectivity index (χ3v) is 12.7. The Bertz CT molecular complexity index is 2590. The molecular weight excluding hydrogens is 908 g/mol. The molecule has 0 fully saturated rings. The maximum atomic E-state index is 14.7. The first kappa shape index (κ1) is 50.5. The van der Waals surface area contributed by atoms with Gasteiger partial charge in [0.2, 0.25) is 11.0 Å². The molecule has 0 radical (unpaired) electrons. The van der Waals surface area contributed by atoms with Crippen molar-refractivity contribution < 1.29 is 54.6 Å². The lowest BCUT2D eigenvalue weighted by atomic mass is 10.0. The molecule has 0 spiro atoms. The number of fused-ring (bicyclic) bond motifs is 2. The minimum atomic E-state index is -4.58. The number of pyridine rings is 1. The molecule has 0 amide bonds. The van der Waals surface area contributed by atoms with Gasteiger partial charge >= 0.3 is 18.1 Å². The lowest BCUT2D eigenvalue weighted by Crippen LogP contribution is -2.37. The van der Waals surface area contributed by atoms with Gasteiger partial charge in [-0.25, -0.2) is 9.59 Å². The van der Waals surface area contributed by atoms with Crippen LogP contribution in [0.1, 0.15) is 92.5 Å². The number of thiol groups is 1. The molecule has 6 rings (SSSR count). The summed E-state index contributed by atoms with van der Waals surface area (Å²) in [5.74, 6) is 1.77. The van der Waals surface area contributed by atoms with Gasteiger partial charge in [0.25, 0.3) is 0 Å². The standard InChI is InChI=1S/C51H54F3NO8S3/c1-32-10-14-37(15-11-32)36(5)62-65-26-8-23-59-40-18-20-44-42(30-40)46(50(57)61-47-34(3)28-39(29-35(47)4)49(56)58-6)43-31-41(19-21-45(43)55(44)22-7-25-64)60-24-9-27-66-63-48(51(52,53)54)38-16-12-33(2)13-17-38/h10-21,28-31,36,48H,7-9,22-27H2,1-6H3/p+1. The Balaban J connectivity index is 1.25. The Morgan fingerprint density at radius 1 is 0.682 bits per heavy atom. The molecule has 0 saturated carbocycles. The van der Waals surface area contributed by atoms with Gasteiger partial charge in [0, 0.05) is 30.1 Å². The maximum absolute atomic E-state index is 14.7. The van der Waals surface area contributed by atoms with E-state index < -0.39 is 24.2 Å². The number of hydrogen-bond acceptors (Lipinski definition) is 11. The first-order valence-corrected chi connectivity index (χ1v) is 24.1. The van der Waals surface area contributed by atoms with Gasteiger partial charge in [-0.15, -0.1) is 0 Å². The topological polar surface area (TPSA) is 93.4 Å². The Kier molecular flexibility index (Phi) is 18.1. The molecule has 0 N–H and O–H groups in total. The molecule has 66 heavy (non-hydrogen) atoms. The summed E-state index contributed by atoms with van der Waals surface area (Å²) < 4.78 is 78.7. The van der Waals surface area contributed by atoms with Crippen molar-refractivity contribution in [1.29, 1.82) is 0 Å². The van der Waals surface area contributed by atoms with Crippen LogP contribution in [0, 0.1) is 27.7 Å². The predicted molar refractivity (Wildman–Crippen MR) is 259 cm³/mol. The van der Waals surface area contributed by atoms with Crippen LogP contribution in [0.25, 0.3) is 21.8 Å². The van der Waals surface area contributed by atoms with E-state index >= 15 is 0 Å². The van der Waals surface area contributed by atoms with E-state index in [2.05, 4.69) is 48.4 Å². The molecule has 2 atom stereocenters. The zero-order valence-corrected chi connectivity index (χ0v) is 40.4. The molecule has 0 aliphatic rings. The SMILES string of the molecule is COC(=O)c1cc(C)c(OC(=O)c2c3cc(OCCCSOC(C)c4ccc(C)cc4)ccc3[n+](CCCS)c3ccc(OCCCSOC(c4ccc(C)cc4)C(F)(F)F)cc23)c(C)c1. The van der Waals surface area contributed by atoms with Crippen molar-refractivity contribution in [1.82, 2.24) is 0 Å². The fraction of sp³-hybridized carbons (Fsp3) is 0.353. The van der Waals surface area contributed by atoms with Gasteiger partial charge in [-0.2, -0.15) is 30.4 Å². The first-order chi connectivity index (χ1) is 31.7. The highest BCUT2D eigenvalue weighted by Crippen LogP contribution is 2.39. The first-order valence-electron chi connectivity index (χ1n) is 21.7. The van der Waals surface area contributed by atoms with Crippen molar-refractivity contribution in [2.45, 2.75) is 78.8 Å². The van der Waals surface area contributed by atoms with Crippen LogP contribution < -0.4 is 18.8 Å². The molecule has 0 saturated heterocycles. The van der Waals surface area contributed by atoms with Crippen molar-refractivity contribution in [2.24, 2.45) is 0 Å². The largest absolute Gasteiger partial charge is 0.494 e. The van der Waals surface area contributed by atoms with Crippen LogP contribution in [0.3, 0.4) is 0 Å². The van der Waals surface area contributed by atoms with Gasteiger partial charge in [0.15, 0.2) is 6.10 Å². The van der Waals surface area contributed by atoms with E-state index in [9.17, 15) is 22.8 Å². The van der Waals surface area contributed by atoms with E-state index in [1.807, 2.05) is 44.2 Å². The molecule has 9 nitrogen and oxygen atoms in total. The number of carbonyl (C=O) groups excluding carboxylic acids is 2. The second-order valence-corrected chi connectivity index (χ2v) is 18.0. The quantitative estimate of drug-likeness (QED) is 0.0135. The molecule has 0 aliphatic heterocycles. The van der Waals surface area contributed by atoms with Crippen LogP contribution in [0.5, 0.6) is 17.2 Å². The van der Waals surface area contributed by atoms with Gasteiger partial charge in [-0.3, -0.25) is 4.18 Å². The number of hydrogen-bond donors (Lipinski definition) is 1. The molecule has 6 aromatic rings. The monoisotopic (exact) mass is 962 g/mol. The van der Waals surface area contributed by atoms with E-state index in [1.165, 1.54) is 36.8 Å². The van der Waals surface area contributed by atoms with Crippen LogP contribution in [0.2, 0.25) is 0 Å². The summed E-state index contributed by atoms with van der Waals surface area (Å²) in [6.07, 6.45) is -4.88. The fourth-order valence-electron chi connectivity index (χ4n) is 7.35. The molecule has 0 aliphatic carbocycles. The van der Waals surface area contributed by atoms with E-state index in [1.54, 1.807) is 44.2 Å². The van der Waals surface area contributed by atoms with E-state index in [4.69, 9.17) is 27.3 Å². The van der Waals surface area contributed by atoms with Crippen molar-refractivity contribution in [3.8, 4) is 17.2 Å². The summed E-state index contributed by atoms with van der Waals surface area (Å²) in [5.41, 5.74) is 6.47. The second-order valence-electron chi connectivity index (χ2n) is 15.9. The van der Waals surface area contributed by atoms with Crippen molar-refractivity contribution in [2.75, 3.05) is 37.6 Å². The van der Waals surface area contributed by atoms with Gasteiger partial charge in [0.05, 0.1) is 48.3 Å². The predicted octanol–water partition coefficient (Wildman–Crippen LogP) is 12.8. The summed E-state index contributed by atoms with van der Waals surface area (Å²) in [6.45, 7) is 10.6. The number of carbonyl (C=O) groups is 2. The summed E-state index contributed by atoms with van der Waals surface area (Å²) in [7, 11) is 1.31. The Hall–Kier alpha value is -4.93. The van der Waals surface area contributed by atoms with Crippen molar-refractivity contribution >= 4 is 70.5 Å². The van der Waals surface area contributed by atoms with Crippen molar-refractivity contribution in [3.63, 3.8) is 0 Å². The number of rotatable bonds is 22. The lowest BCUT2D eigenvalue weighted by molar-refractivity contribution is -0.645. The van der Waals surface area contributed by atoms with Crippen LogP contribution in [0.15, 0.2) is 97.1 Å². The normalized spacial score (nSPS) is 12.6. The number of methoxy groups -OCH3 is 1. The minimum Gasteiger partial charge on any atom is -0.494 e. The number of esters is 2. The van der Waals surface area contributed by atoms with Gasteiger partial charge in [0.1, 0.15) is 23.8 Å². The molecule has 1 heterocycles. The highest BCUT2D eigenvalue weighted by Gasteiger charge is 2.42. The third-order valence-electron chi connectivity index (χ3n) is 10.8. The zero-order valence-electron chi connectivity index (χ0n) is 37.9. The molecule has 1 aromatic heterocycles. The highest BCUT2D eigenvalue weighted by atomic mass is 32.2. The Morgan fingerprint density at radius 2 is 1.20 bits per heavy atom. The number of halogens is 3. The lowest BCUT2D eigenvalue weighted by Gasteiger charge is -2.20. The molecular formula is C51H55F3NO8S3+. The average Bonchev–Trinajstić information content (AvgIpc) is 3.29. The average molecular weight is 963 g/mol. The number of benzene rings is 5. The number of alkyl halides is 3. The summed E-state index contributed by atoms with van der Waals surface area (Å²) >= 11 is 6.64. The zero-order chi connectivity index (χ0) is 47.4. The Morgan fingerprint density at radius 3 is 1.70 bits per heavy atom. The summed E-state index contributed by atoms with van der Waals surface area (Å²) in [5, 5.41) is 1.15. The number of aromatic nitrogens is 1. The smallest absolute Gasteiger partial charge is 0.420 e.